The summed E-state index contributed by atoms with van der Waals surface area (Å²) in [7, 11) is 0. The number of fused-ring (bicyclic) bond motifs is 1. The molecule has 1 aromatic rings. The predicted octanol–water partition coefficient (Wildman–Crippen LogP) is 0.175. The highest BCUT2D eigenvalue weighted by molar-refractivity contribution is 5.99. The van der Waals surface area contributed by atoms with Gasteiger partial charge in [0.05, 0.1) is 12.4 Å². The van der Waals surface area contributed by atoms with Crippen molar-refractivity contribution in [3.8, 4) is 5.75 Å². The highest BCUT2D eigenvalue weighted by Gasteiger charge is 2.30. The van der Waals surface area contributed by atoms with Gasteiger partial charge in [-0.1, -0.05) is 6.07 Å². The number of nitrogens with zero attached hydrogens (tertiary/aromatic N) is 1. The zero-order valence-corrected chi connectivity index (χ0v) is 9.14. The van der Waals surface area contributed by atoms with Crippen LogP contribution in [0.1, 0.15) is 12.5 Å². The van der Waals surface area contributed by atoms with Crippen LogP contribution in [0.4, 0.5) is 5.69 Å². The minimum Gasteiger partial charge on any atom is -0.479 e. The highest BCUT2D eigenvalue weighted by atomic mass is 16.5. The van der Waals surface area contributed by atoms with Crippen molar-refractivity contribution in [1.82, 2.24) is 0 Å². The van der Waals surface area contributed by atoms with Crippen LogP contribution in [0.5, 0.6) is 5.75 Å². The fraction of sp³-hybridized carbons (Fsp3) is 0.364. The molecule has 1 heterocycles. The smallest absolute Gasteiger partial charge is 0.268 e. The number of anilines is 1. The molecule has 1 aliphatic rings. The quantitative estimate of drug-likeness (QED) is 0.746. The second-order valence-electron chi connectivity index (χ2n) is 3.72. The van der Waals surface area contributed by atoms with Gasteiger partial charge in [0.2, 0.25) is 0 Å². The minimum atomic E-state index is -0.486. The van der Waals surface area contributed by atoms with Crippen LogP contribution >= 0.6 is 0 Å². The van der Waals surface area contributed by atoms with E-state index >= 15 is 0 Å². The third kappa shape index (κ3) is 1.64. The molecule has 2 rings (SSSR count). The summed E-state index contributed by atoms with van der Waals surface area (Å²) in [5.41, 5.74) is 12.8. The van der Waals surface area contributed by atoms with Crippen LogP contribution in [0.25, 0.3) is 0 Å². The molecule has 1 unspecified atom stereocenters. The Balaban J connectivity index is 2.48. The number of ether oxygens (including phenoxy) is 1. The average Bonchev–Trinajstić information content (AvgIpc) is 2.30. The first kappa shape index (κ1) is 10.9. The van der Waals surface area contributed by atoms with E-state index in [0.29, 0.717) is 18.0 Å². The number of carbonyl (C=O) groups excluding carboxylic acids is 1. The summed E-state index contributed by atoms with van der Waals surface area (Å²) in [6.07, 6.45) is -0.486. The molecular weight excluding hydrogens is 206 g/mol. The topological polar surface area (TPSA) is 81.6 Å². The normalized spacial score (nSPS) is 19.3. The molecule has 0 saturated carbocycles. The van der Waals surface area contributed by atoms with Crippen molar-refractivity contribution in [1.29, 1.82) is 0 Å². The maximum atomic E-state index is 11.8. The monoisotopic (exact) mass is 221 g/mol. The lowest BCUT2D eigenvalue weighted by atomic mass is 10.1. The number of amides is 1. The lowest BCUT2D eigenvalue weighted by Crippen LogP contribution is -2.47. The Bertz CT molecular complexity index is 420. The molecule has 1 aliphatic heterocycles. The first-order valence-corrected chi connectivity index (χ1v) is 5.18. The molecule has 0 saturated heterocycles. The summed E-state index contributed by atoms with van der Waals surface area (Å²) in [5, 5.41) is 0. The Morgan fingerprint density at radius 3 is 2.81 bits per heavy atom. The molecule has 0 bridgehead atoms. The first-order valence-electron chi connectivity index (χ1n) is 5.18. The van der Waals surface area contributed by atoms with E-state index in [1.54, 1.807) is 6.92 Å². The van der Waals surface area contributed by atoms with Crippen LogP contribution in [0.2, 0.25) is 0 Å². The van der Waals surface area contributed by atoms with E-state index in [1.807, 2.05) is 18.2 Å². The Kier molecular flexibility index (Phi) is 2.80. The van der Waals surface area contributed by atoms with Crippen LogP contribution < -0.4 is 21.1 Å². The second kappa shape index (κ2) is 4.11. The largest absolute Gasteiger partial charge is 0.479 e. The Labute approximate surface area is 94.0 Å². The van der Waals surface area contributed by atoms with Crippen molar-refractivity contribution in [3.05, 3.63) is 23.8 Å². The van der Waals surface area contributed by atoms with Gasteiger partial charge in [-0.3, -0.25) is 9.69 Å². The lowest BCUT2D eigenvalue weighted by molar-refractivity contribution is -0.125. The summed E-state index contributed by atoms with van der Waals surface area (Å²) >= 11 is 0. The van der Waals surface area contributed by atoms with Gasteiger partial charge in [0.15, 0.2) is 6.10 Å². The predicted molar refractivity (Wildman–Crippen MR) is 61.0 cm³/mol. The minimum absolute atomic E-state index is 0.121. The zero-order chi connectivity index (χ0) is 11.7. The second-order valence-corrected chi connectivity index (χ2v) is 3.72. The van der Waals surface area contributed by atoms with E-state index in [2.05, 4.69) is 0 Å². The molecule has 0 aliphatic carbocycles. The third-order valence-corrected chi connectivity index (χ3v) is 2.65. The van der Waals surface area contributed by atoms with E-state index in [0.717, 1.165) is 5.56 Å². The summed E-state index contributed by atoms with van der Waals surface area (Å²) in [5.74, 6) is 0.555. The van der Waals surface area contributed by atoms with E-state index in [9.17, 15) is 4.79 Å². The molecular formula is C11H15N3O2. The van der Waals surface area contributed by atoms with Gasteiger partial charge >= 0.3 is 0 Å². The van der Waals surface area contributed by atoms with Crippen molar-refractivity contribution in [2.75, 3.05) is 11.6 Å². The van der Waals surface area contributed by atoms with Crippen molar-refractivity contribution in [3.63, 3.8) is 0 Å². The van der Waals surface area contributed by atoms with Crippen molar-refractivity contribution >= 4 is 11.6 Å². The van der Waals surface area contributed by atoms with Crippen molar-refractivity contribution < 1.29 is 9.53 Å². The molecule has 0 aromatic heterocycles. The molecule has 86 valence electrons. The molecule has 16 heavy (non-hydrogen) atoms. The van der Waals surface area contributed by atoms with Crippen LogP contribution in [-0.2, 0) is 11.3 Å². The zero-order valence-electron chi connectivity index (χ0n) is 9.14. The summed E-state index contributed by atoms with van der Waals surface area (Å²) < 4.78 is 5.49. The number of rotatable bonds is 2. The SMILES string of the molecule is CC1Oc2ccc(CN)cc2N(CN)C1=O. The molecule has 5 nitrogen and oxygen atoms in total. The van der Waals surface area contributed by atoms with Gasteiger partial charge in [0, 0.05) is 6.54 Å². The van der Waals surface area contributed by atoms with E-state index in [-0.39, 0.29) is 12.6 Å². The fourth-order valence-corrected chi connectivity index (χ4v) is 1.77. The van der Waals surface area contributed by atoms with Gasteiger partial charge in [-0.2, -0.15) is 0 Å². The summed E-state index contributed by atoms with van der Waals surface area (Å²) in [6, 6.07) is 5.55. The molecule has 1 amide bonds. The van der Waals surface area contributed by atoms with Gasteiger partial charge in [0.1, 0.15) is 5.75 Å². The van der Waals surface area contributed by atoms with Gasteiger partial charge < -0.3 is 16.2 Å². The van der Waals surface area contributed by atoms with Gasteiger partial charge in [-0.05, 0) is 24.6 Å². The number of benzene rings is 1. The maximum Gasteiger partial charge on any atom is 0.268 e. The number of hydrogen-bond donors (Lipinski definition) is 2. The number of carbonyl (C=O) groups is 1. The highest BCUT2D eigenvalue weighted by Crippen LogP contribution is 2.34. The fourth-order valence-electron chi connectivity index (χ4n) is 1.77. The lowest BCUT2D eigenvalue weighted by Gasteiger charge is -2.32. The average molecular weight is 221 g/mol. The Morgan fingerprint density at radius 2 is 2.19 bits per heavy atom. The van der Waals surface area contributed by atoms with Gasteiger partial charge in [0.25, 0.3) is 5.91 Å². The van der Waals surface area contributed by atoms with Gasteiger partial charge in [-0.25, -0.2) is 0 Å². The van der Waals surface area contributed by atoms with Crippen molar-refractivity contribution in [2.24, 2.45) is 11.5 Å². The maximum absolute atomic E-state index is 11.8. The van der Waals surface area contributed by atoms with Crippen LogP contribution in [0.3, 0.4) is 0 Å². The first-order chi connectivity index (χ1) is 7.67. The van der Waals surface area contributed by atoms with Crippen LogP contribution in [0.15, 0.2) is 18.2 Å². The Hall–Kier alpha value is -1.59. The van der Waals surface area contributed by atoms with E-state index in [4.69, 9.17) is 16.2 Å². The van der Waals surface area contributed by atoms with Crippen molar-refractivity contribution in [2.45, 2.75) is 19.6 Å². The third-order valence-electron chi connectivity index (χ3n) is 2.65. The molecule has 1 aromatic carbocycles. The summed E-state index contributed by atoms with van der Waals surface area (Å²) in [6.45, 7) is 2.29. The molecule has 4 N–H and O–H groups in total. The Morgan fingerprint density at radius 1 is 1.44 bits per heavy atom. The van der Waals surface area contributed by atoms with Gasteiger partial charge in [-0.15, -0.1) is 0 Å². The molecule has 0 radical (unpaired) electrons. The van der Waals surface area contributed by atoms with Crippen LogP contribution in [0, 0.1) is 0 Å². The summed E-state index contributed by atoms with van der Waals surface area (Å²) in [4.78, 5) is 13.3. The number of nitrogens with two attached hydrogens (primary N) is 2. The molecule has 5 heteroatoms. The van der Waals surface area contributed by atoms with Crippen LogP contribution in [-0.4, -0.2) is 18.7 Å². The van der Waals surface area contributed by atoms with E-state index < -0.39 is 6.10 Å². The van der Waals surface area contributed by atoms with E-state index in [1.165, 1.54) is 4.90 Å². The molecule has 0 fully saturated rings. The molecule has 0 spiro atoms. The molecule has 1 atom stereocenters. The standard InChI is InChI=1S/C11H15N3O2/c1-7-11(15)14(6-13)9-4-8(5-12)2-3-10(9)16-7/h2-4,7H,5-6,12-13H2,1H3. The number of hydrogen-bond acceptors (Lipinski definition) is 4.